The van der Waals surface area contributed by atoms with E-state index in [1.54, 1.807) is 0 Å². The van der Waals surface area contributed by atoms with Crippen molar-refractivity contribution in [2.75, 3.05) is 6.61 Å². The van der Waals surface area contributed by atoms with E-state index in [0.717, 1.165) is 6.42 Å². The van der Waals surface area contributed by atoms with Crippen molar-refractivity contribution in [2.45, 2.75) is 44.9 Å². The molecular weight excluding hydrogens is 330 g/mol. The predicted octanol–water partition coefficient (Wildman–Crippen LogP) is 2.29. The maximum Gasteiger partial charge on any atom is 0.273 e. The van der Waals surface area contributed by atoms with Gasteiger partial charge in [0.25, 0.3) is 5.91 Å². The number of rotatable bonds is 4. The molecule has 1 N–H and O–H groups in total. The molecule has 1 saturated heterocycles. The van der Waals surface area contributed by atoms with E-state index in [-0.39, 0.29) is 35.4 Å². The number of hydrogen-bond donors (Lipinski definition) is 1. The van der Waals surface area contributed by atoms with Gasteiger partial charge in [-0.2, -0.15) is 0 Å². The number of halogens is 2. The molecule has 0 radical (unpaired) electrons. The first kappa shape index (κ1) is 17.5. The second kappa shape index (κ2) is 6.87. The Morgan fingerprint density at radius 1 is 1.40 bits per heavy atom. The summed E-state index contributed by atoms with van der Waals surface area (Å²) in [6.07, 6.45) is 2.81. The van der Waals surface area contributed by atoms with E-state index < -0.39 is 11.6 Å². The van der Waals surface area contributed by atoms with E-state index in [1.165, 1.54) is 29.1 Å². The van der Waals surface area contributed by atoms with Gasteiger partial charge in [-0.25, -0.2) is 13.5 Å². The fourth-order valence-corrected chi connectivity index (χ4v) is 2.94. The molecular formula is C17H20F2N4O2. The van der Waals surface area contributed by atoms with Gasteiger partial charge in [0.15, 0.2) is 5.69 Å². The maximum atomic E-state index is 13.7. The molecule has 1 aliphatic heterocycles. The molecule has 0 spiro atoms. The summed E-state index contributed by atoms with van der Waals surface area (Å²) in [6, 6.07) is 3.64. The molecule has 8 heteroatoms. The molecule has 2 heterocycles. The van der Waals surface area contributed by atoms with Crippen LogP contribution in [0.2, 0.25) is 0 Å². The molecule has 2 aromatic rings. The summed E-state index contributed by atoms with van der Waals surface area (Å²) >= 11 is 0. The van der Waals surface area contributed by atoms with E-state index in [2.05, 4.69) is 15.6 Å². The molecule has 25 heavy (non-hydrogen) atoms. The lowest BCUT2D eigenvalue weighted by molar-refractivity contribution is -0.0615. The summed E-state index contributed by atoms with van der Waals surface area (Å²) in [7, 11) is 0. The van der Waals surface area contributed by atoms with Crippen LogP contribution in [-0.4, -0.2) is 39.2 Å². The van der Waals surface area contributed by atoms with Gasteiger partial charge in [-0.15, -0.1) is 5.10 Å². The smallest absolute Gasteiger partial charge is 0.273 e. The van der Waals surface area contributed by atoms with Crippen LogP contribution in [0, 0.1) is 11.6 Å². The van der Waals surface area contributed by atoms with Crippen LogP contribution in [0.3, 0.4) is 0 Å². The number of amides is 1. The van der Waals surface area contributed by atoms with E-state index in [9.17, 15) is 13.6 Å². The summed E-state index contributed by atoms with van der Waals surface area (Å²) in [4.78, 5) is 12.3. The highest BCUT2D eigenvalue weighted by atomic mass is 19.1. The van der Waals surface area contributed by atoms with E-state index in [1.807, 2.05) is 13.8 Å². The van der Waals surface area contributed by atoms with Gasteiger partial charge in [0.05, 0.1) is 18.3 Å². The zero-order valence-corrected chi connectivity index (χ0v) is 14.1. The molecule has 134 valence electrons. The van der Waals surface area contributed by atoms with Crippen LogP contribution < -0.4 is 5.32 Å². The number of nitrogens with one attached hydrogen (secondary N) is 1. The molecule has 1 atom stereocenters. The van der Waals surface area contributed by atoms with Crippen molar-refractivity contribution in [3.8, 4) is 0 Å². The number of nitrogens with zero attached hydrogens (tertiary/aromatic N) is 3. The lowest BCUT2D eigenvalue weighted by atomic mass is 9.94. The Labute approximate surface area is 144 Å². The van der Waals surface area contributed by atoms with Crippen molar-refractivity contribution in [3.05, 3.63) is 47.3 Å². The third-order valence-electron chi connectivity index (χ3n) is 4.19. The zero-order valence-electron chi connectivity index (χ0n) is 14.1. The van der Waals surface area contributed by atoms with Crippen LogP contribution in [-0.2, 0) is 11.3 Å². The molecule has 0 aliphatic carbocycles. The Hall–Kier alpha value is -2.35. The SMILES string of the molecule is CC1(C)CC(NC(=O)c2cn(Cc3c(F)cccc3F)nn2)CCO1. The topological polar surface area (TPSA) is 69.0 Å². The largest absolute Gasteiger partial charge is 0.375 e. The van der Waals surface area contributed by atoms with Crippen LogP contribution in [0.25, 0.3) is 0 Å². The molecule has 1 amide bonds. The van der Waals surface area contributed by atoms with Crippen molar-refractivity contribution in [1.82, 2.24) is 20.3 Å². The van der Waals surface area contributed by atoms with Crippen LogP contribution in [0.4, 0.5) is 8.78 Å². The monoisotopic (exact) mass is 350 g/mol. The Morgan fingerprint density at radius 3 is 2.80 bits per heavy atom. The first-order valence-corrected chi connectivity index (χ1v) is 8.12. The van der Waals surface area contributed by atoms with Gasteiger partial charge in [0, 0.05) is 18.2 Å². The van der Waals surface area contributed by atoms with Gasteiger partial charge in [-0.05, 0) is 38.8 Å². The minimum Gasteiger partial charge on any atom is -0.375 e. The first-order valence-electron chi connectivity index (χ1n) is 8.12. The highest BCUT2D eigenvalue weighted by Gasteiger charge is 2.30. The lowest BCUT2D eigenvalue weighted by Crippen LogP contribution is -2.45. The Balaban J connectivity index is 1.66. The van der Waals surface area contributed by atoms with Crippen molar-refractivity contribution in [2.24, 2.45) is 0 Å². The quantitative estimate of drug-likeness (QED) is 0.919. The fraction of sp³-hybridized carbons (Fsp3) is 0.471. The number of carbonyl (C=O) groups is 1. The number of benzene rings is 1. The molecule has 0 bridgehead atoms. The third-order valence-corrected chi connectivity index (χ3v) is 4.19. The normalized spacial score (nSPS) is 19.6. The first-order chi connectivity index (χ1) is 11.8. The summed E-state index contributed by atoms with van der Waals surface area (Å²) in [5.74, 6) is -1.68. The van der Waals surface area contributed by atoms with Crippen molar-refractivity contribution >= 4 is 5.91 Å². The standard InChI is InChI=1S/C17H20F2N4O2/c1-17(2)8-11(6-7-25-17)20-16(24)15-10-23(22-21-15)9-12-13(18)4-3-5-14(12)19/h3-5,10-11H,6-9H2,1-2H3,(H,20,24). The van der Waals surface area contributed by atoms with E-state index in [4.69, 9.17) is 4.74 Å². The molecule has 3 rings (SSSR count). The lowest BCUT2D eigenvalue weighted by Gasteiger charge is -2.35. The highest BCUT2D eigenvalue weighted by Crippen LogP contribution is 2.24. The summed E-state index contributed by atoms with van der Waals surface area (Å²) in [5.41, 5.74) is -0.289. The maximum absolute atomic E-state index is 13.7. The Kier molecular flexibility index (Phi) is 4.80. The van der Waals surface area contributed by atoms with Gasteiger partial charge >= 0.3 is 0 Å². The number of ether oxygens (including phenoxy) is 1. The second-order valence-electron chi connectivity index (χ2n) is 6.77. The van der Waals surface area contributed by atoms with Gasteiger partial charge in [0.2, 0.25) is 0 Å². The third kappa shape index (κ3) is 4.19. The van der Waals surface area contributed by atoms with Crippen LogP contribution in [0.15, 0.2) is 24.4 Å². The Morgan fingerprint density at radius 2 is 2.12 bits per heavy atom. The fourth-order valence-electron chi connectivity index (χ4n) is 2.94. The average Bonchev–Trinajstić information content (AvgIpc) is 2.99. The molecule has 0 saturated carbocycles. The molecule has 1 aliphatic rings. The average molecular weight is 350 g/mol. The minimum atomic E-state index is -0.661. The zero-order chi connectivity index (χ0) is 18.0. The summed E-state index contributed by atoms with van der Waals surface area (Å²) in [6.45, 7) is 4.40. The van der Waals surface area contributed by atoms with Gasteiger partial charge in [-0.3, -0.25) is 4.79 Å². The molecule has 1 aromatic heterocycles. The second-order valence-corrected chi connectivity index (χ2v) is 6.77. The highest BCUT2D eigenvalue weighted by molar-refractivity contribution is 5.92. The summed E-state index contributed by atoms with van der Waals surface area (Å²) in [5, 5.41) is 10.5. The molecule has 1 unspecified atom stereocenters. The van der Waals surface area contributed by atoms with Crippen LogP contribution in [0.5, 0.6) is 0 Å². The van der Waals surface area contributed by atoms with Crippen molar-refractivity contribution in [1.29, 1.82) is 0 Å². The summed E-state index contributed by atoms with van der Waals surface area (Å²) < 4.78 is 34.2. The van der Waals surface area contributed by atoms with Crippen LogP contribution in [0.1, 0.15) is 42.7 Å². The molecule has 6 nitrogen and oxygen atoms in total. The number of hydrogen-bond acceptors (Lipinski definition) is 4. The van der Waals surface area contributed by atoms with Crippen LogP contribution >= 0.6 is 0 Å². The van der Waals surface area contributed by atoms with E-state index in [0.29, 0.717) is 13.0 Å². The van der Waals surface area contributed by atoms with E-state index >= 15 is 0 Å². The predicted molar refractivity (Wildman–Crippen MR) is 86.0 cm³/mol. The van der Waals surface area contributed by atoms with Gasteiger partial charge in [0.1, 0.15) is 11.6 Å². The minimum absolute atomic E-state index is 0.00888. The number of aromatic nitrogens is 3. The molecule has 1 aromatic carbocycles. The van der Waals surface area contributed by atoms with Crippen molar-refractivity contribution in [3.63, 3.8) is 0 Å². The Bertz CT molecular complexity index is 756. The van der Waals surface area contributed by atoms with Gasteiger partial charge in [-0.1, -0.05) is 11.3 Å². The molecule has 1 fully saturated rings. The number of carbonyl (C=O) groups excluding carboxylic acids is 1. The van der Waals surface area contributed by atoms with Crippen molar-refractivity contribution < 1.29 is 18.3 Å². The van der Waals surface area contributed by atoms with Gasteiger partial charge < -0.3 is 10.1 Å².